The summed E-state index contributed by atoms with van der Waals surface area (Å²) in [4.78, 5) is 12.2. The lowest BCUT2D eigenvalue weighted by molar-refractivity contribution is 0.137. The van der Waals surface area contributed by atoms with Crippen LogP contribution in [0.2, 0.25) is 0 Å². The number of amides is 1. The molecule has 1 N–H and O–H groups in total. The van der Waals surface area contributed by atoms with E-state index in [-0.39, 0.29) is 12.6 Å². The summed E-state index contributed by atoms with van der Waals surface area (Å²) in [6.07, 6.45) is 3.52. The smallest absolute Gasteiger partial charge is 0.408 e. The standard InChI is InChI=1S/C23H21NO2/c25-23(26-18-20-12-6-2-7-13-20)24-22(21-14-8-3-9-15-21)17-16-19-10-4-1-5-11-19/h1-17,22H,18H2,(H,24,25)/b17-16+/t22-/m1/s1. The Balaban J connectivity index is 1.67. The second kappa shape index (κ2) is 9.23. The van der Waals surface area contributed by atoms with Crippen molar-refractivity contribution in [1.82, 2.24) is 5.32 Å². The quantitative estimate of drug-likeness (QED) is 0.653. The molecule has 3 nitrogen and oxygen atoms in total. The van der Waals surface area contributed by atoms with E-state index in [2.05, 4.69) is 5.32 Å². The van der Waals surface area contributed by atoms with Crippen molar-refractivity contribution in [2.45, 2.75) is 12.6 Å². The first-order valence-electron chi connectivity index (χ1n) is 8.57. The van der Waals surface area contributed by atoms with E-state index in [0.29, 0.717) is 0 Å². The fourth-order valence-electron chi connectivity index (χ4n) is 2.57. The highest BCUT2D eigenvalue weighted by Crippen LogP contribution is 2.16. The van der Waals surface area contributed by atoms with Crippen LogP contribution in [0.1, 0.15) is 22.7 Å². The first-order valence-corrected chi connectivity index (χ1v) is 8.57. The van der Waals surface area contributed by atoms with E-state index < -0.39 is 6.09 Å². The number of benzene rings is 3. The maximum absolute atomic E-state index is 12.2. The van der Waals surface area contributed by atoms with Gasteiger partial charge in [-0.1, -0.05) is 103 Å². The molecule has 3 aromatic rings. The molecule has 3 rings (SSSR count). The van der Waals surface area contributed by atoms with Gasteiger partial charge in [0.2, 0.25) is 0 Å². The molecular formula is C23H21NO2. The van der Waals surface area contributed by atoms with Gasteiger partial charge < -0.3 is 10.1 Å². The molecule has 0 bridgehead atoms. The highest BCUT2D eigenvalue weighted by Gasteiger charge is 2.12. The van der Waals surface area contributed by atoms with E-state index >= 15 is 0 Å². The lowest BCUT2D eigenvalue weighted by Gasteiger charge is -2.16. The minimum atomic E-state index is -0.444. The lowest BCUT2D eigenvalue weighted by Crippen LogP contribution is -2.28. The van der Waals surface area contributed by atoms with Gasteiger partial charge in [0.1, 0.15) is 6.61 Å². The lowest BCUT2D eigenvalue weighted by atomic mass is 10.1. The van der Waals surface area contributed by atoms with E-state index in [1.165, 1.54) is 0 Å². The van der Waals surface area contributed by atoms with Crippen LogP contribution in [-0.2, 0) is 11.3 Å². The fourth-order valence-corrected chi connectivity index (χ4v) is 2.57. The zero-order valence-corrected chi connectivity index (χ0v) is 14.4. The van der Waals surface area contributed by atoms with Crippen LogP contribution in [0, 0.1) is 0 Å². The minimum Gasteiger partial charge on any atom is -0.445 e. The average molecular weight is 343 g/mol. The molecule has 130 valence electrons. The Bertz CT molecular complexity index is 830. The monoisotopic (exact) mass is 343 g/mol. The number of hydrogen-bond donors (Lipinski definition) is 1. The van der Waals surface area contributed by atoms with E-state index in [1.54, 1.807) is 0 Å². The third-order valence-corrected chi connectivity index (χ3v) is 3.93. The molecule has 0 saturated carbocycles. The minimum absolute atomic E-state index is 0.247. The van der Waals surface area contributed by atoms with E-state index in [9.17, 15) is 4.79 Å². The van der Waals surface area contributed by atoms with E-state index in [4.69, 9.17) is 4.74 Å². The Hall–Kier alpha value is -3.33. The number of ether oxygens (including phenoxy) is 1. The van der Waals surface area contributed by atoms with Gasteiger partial charge in [-0.2, -0.15) is 0 Å². The second-order valence-corrected chi connectivity index (χ2v) is 5.86. The Morgan fingerprint density at radius 1 is 0.846 bits per heavy atom. The Morgan fingerprint density at radius 2 is 1.42 bits per heavy atom. The van der Waals surface area contributed by atoms with Crippen LogP contribution in [0.5, 0.6) is 0 Å². The first kappa shape index (κ1) is 17.5. The maximum atomic E-state index is 12.2. The molecule has 0 saturated heterocycles. The molecule has 0 unspecified atom stereocenters. The van der Waals surface area contributed by atoms with Gasteiger partial charge in [-0.05, 0) is 16.7 Å². The van der Waals surface area contributed by atoms with Crippen molar-refractivity contribution in [3.8, 4) is 0 Å². The predicted molar refractivity (Wildman–Crippen MR) is 104 cm³/mol. The summed E-state index contributed by atoms with van der Waals surface area (Å²) in [5.74, 6) is 0. The number of alkyl carbamates (subject to hydrolysis) is 1. The van der Waals surface area contributed by atoms with Gasteiger partial charge in [-0.3, -0.25) is 0 Å². The molecule has 0 aliphatic carbocycles. The Kier molecular flexibility index (Phi) is 6.21. The van der Waals surface area contributed by atoms with Gasteiger partial charge in [0, 0.05) is 0 Å². The van der Waals surface area contributed by atoms with E-state index in [1.807, 2.05) is 103 Å². The topological polar surface area (TPSA) is 38.3 Å². The molecule has 0 aliphatic heterocycles. The zero-order valence-electron chi connectivity index (χ0n) is 14.4. The fraction of sp³-hybridized carbons (Fsp3) is 0.0870. The molecule has 0 spiro atoms. The van der Waals surface area contributed by atoms with Crippen LogP contribution in [0.15, 0.2) is 97.1 Å². The first-order chi connectivity index (χ1) is 12.8. The molecule has 0 radical (unpaired) electrons. The summed E-state index contributed by atoms with van der Waals surface area (Å²) in [6.45, 7) is 0.247. The number of nitrogens with one attached hydrogen (secondary N) is 1. The van der Waals surface area contributed by atoms with Gasteiger partial charge in [0.15, 0.2) is 0 Å². The summed E-state index contributed by atoms with van der Waals surface area (Å²) in [5, 5.41) is 2.93. The van der Waals surface area contributed by atoms with Gasteiger partial charge in [-0.25, -0.2) is 4.79 Å². The summed E-state index contributed by atoms with van der Waals surface area (Å²) >= 11 is 0. The van der Waals surface area contributed by atoms with E-state index in [0.717, 1.165) is 16.7 Å². The van der Waals surface area contributed by atoms with Crippen LogP contribution >= 0.6 is 0 Å². The van der Waals surface area contributed by atoms with Crippen molar-refractivity contribution >= 4 is 12.2 Å². The van der Waals surface area contributed by atoms with Crippen molar-refractivity contribution in [3.05, 3.63) is 114 Å². The van der Waals surface area contributed by atoms with Gasteiger partial charge >= 0.3 is 6.09 Å². The predicted octanol–water partition coefficient (Wildman–Crippen LogP) is 5.37. The Morgan fingerprint density at radius 3 is 2.08 bits per heavy atom. The molecule has 3 heteroatoms. The SMILES string of the molecule is O=C(N[C@H](/C=C/c1ccccc1)c1ccccc1)OCc1ccccc1. The summed E-state index contributed by atoms with van der Waals surface area (Å²) in [5.41, 5.74) is 3.03. The number of rotatable bonds is 6. The van der Waals surface area contributed by atoms with Crippen molar-refractivity contribution in [2.75, 3.05) is 0 Å². The molecule has 1 amide bonds. The number of hydrogen-bond acceptors (Lipinski definition) is 2. The van der Waals surface area contributed by atoms with Crippen LogP contribution in [0.25, 0.3) is 6.08 Å². The highest BCUT2D eigenvalue weighted by atomic mass is 16.5. The Labute approximate surface area is 154 Å². The second-order valence-electron chi connectivity index (χ2n) is 5.86. The van der Waals surface area contributed by atoms with Crippen molar-refractivity contribution in [1.29, 1.82) is 0 Å². The molecule has 1 atom stereocenters. The molecular weight excluding hydrogens is 322 g/mol. The van der Waals surface area contributed by atoms with Crippen molar-refractivity contribution in [2.24, 2.45) is 0 Å². The van der Waals surface area contributed by atoms with Gasteiger partial charge in [-0.15, -0.1) is 0 Å². The summed E-state index contributed by atoms with van der Waals surface area (Å²) in [6, 6.07) is 29.2. The maximum Gasteiger partial charge on any atom is 0.408 e. The number of carbonyl (C=O) groups excluding carboxylic acids is 1. The third kappa shape index (κ3) is 5.35. The van der Waals surface area contributed by atoms with Crippen LogP contribution in [0.4, 0.5) is 4.79 Å². The summed E-state index contributed by atoms with van der Waals surface area (Å²) in [7, 11) is 0. The van der Waals surface area contributed by atoms with Crippen LogP contribution < -0.4 is 5.32 Å². The molecule has 26 heavy (non-hydrogen) atoms. The molecule has 0 aromatic heterocycles. The third-order valence-electron chi connectivity index (χ3n) is 3.93. The normalized spacial score (nSPS) is 11.8. The van der Waals surface area contributed by atoms with Crippen molar-refractivity contribution < 1.29 is 9.53 Å². The largest absolute Gasteiger partial charge is 0.445 e. The van der Waals surface area contributed by atoms with Gasteiger partial charge in [0.25, 0.3) is 0 Å². The number of carbonyl (C=O) groups is 1. The van der Waals surface area contributed by atoms with Crippen LogP contribution in [-0.4, -0.2) is 6.09 Å². The van der Waals surface area contributed by atoms with Crippen LogP contribution in [0.3, 0.4) is 0 Å². The summed E-state index contributed by atoms with van der Waals surface area (Å²) < 4.78 is 5.35. The van der Waals surface area contributed by atoms with Crippen molar-refractivity contribution in [3.63, 3.8) is 0 Å². The molecule has 0 heterocycles. The molecule has 0 fully saturated rings. The average Bonchev–Trinajstić information content (AvgIpc) is 2.72. The van der Waals surface area contributed by atoms with Gasteiger partial charge in [0.05, 0.1) is 6.04 Å². The zero-order chi connectivity index (χ0) is 18.0. The molecule has 0 aliphatic rings. The highest BCUT2D eigenvalue weighted by molar-refractivity contribution is 5.69. The molecule has 3 aromatic carbocycles.